The minimum absolute atomic E-state index is 0.509. The topological polar surface area (TPSA) is 17.0 Å². The Kier molecular flexibility index (Phi) is 3.77. The summed E-state index contributed by atoms with van der Waals surface area (Å²) in [6, 6.07) is 21.7. The molecule has 0 aliphatic carbocycles. The summed E-state index contributed by atoms with van der Waals surface area (Å²) < 4.78 is 8.78. The molecule has 2 heterocycles. The summed E-state index contributed by atoms with van der Waals surface area (Å²) in [5.41, 5.74) is 6.86. The van der Waals surface area contributed by atoms with E-state index in [0.717, 1.165) is 11.2 Å². The number of nitrogens with zero attached hydrogens (tertiary/aromatic N) is 1. The summed E-state index contributed by atoms with van der Waals surface area (Å²) in [4.78, 5) is 0. The van der Waals surface area contributed by atoms with Gasteiger partial charge in [0.2, 0.25) is 5.69 Å². The normalized spacial score (nSPS) is 11.9. The molecule has 138 valence electrons. The molecule has 2 heteroatoms. The third-order valence-electron chi connectivity index (χ3n) is 5.82. The van der Waals surface area contributed by atoms with Crippen LogP contribution in [0.2, 0.25) is 0 Å². The Bertz CT molecular complexity index is 1360. The maximum Gasteiger partial charge on any atom is 0.216 e. The lowest BCUT2D eigenvalue weighted by atomic mass is 9.98. The number of fused-ring (bicyclic) bond motifs is 5. The smallest absolute Gasteiger partial charge is 0.216 e. The molecule has 0 N–H and O–H groups in total. The van der Waals surface area contributed by atoms with E-state index in [1.807, 2.05) is 0 Å². The molecule has 0 fully saturated rings. The van der Waals surface area contributed by atoms with Crippen molar-refractivity contribution in [1.82, 2.24) is 0 Å². The highest BCUT2D eigenvalue weighted by Gasteiger charge is 2.21. The number of hydrogen-bond acceptors (Lipinski definition) is 1. The Morgan fingerprint density at radius 2 is 1.54 bits per heavy atom. The van der Waals surface area contributed by atoms with E-state index in [0.29, 0.717) is 5.92 Å². The molecule has 0 saturated carbocycles. The molecule has 0 atom stereocenters. The highest BCUT2D eigenvalue weighted by Crippen LogP contribution is 2.39. The van der Waals surface area contributed by atoms with E-state index in [-0.39, 0.29) is 0 Å². The molecule has 0 aliphatic rings. The zero-order valence-electron chi connectivity index (χ0n) is 16.8. The molecule has 0 spiro atoms. The lowest BCUT2D eigenvalue weighted by molar-refractivity contribution is -0.660. The summed E-state index contributed by atoms with van der Waals surface area (Å²) >= 11 is 0. The van der Waals surface area contributed by atoms with Gasteiger partial charge in [0.15, 0.2) is 6.20 Å². The van der Waals surface area contributed by atoms with Gasteiger partial charge in [0.25, 0.3) is 0 Å². The second-order valence-corrected chi connectivity index (χ2v) is 8.01. The van der Waals surface area contributed by atoms with Crippen LogP contribution >= 0.6 is 0 Å². The number of aryl methyl sites for hydroxylation is 2. The van der Waals surface area contributed by atoms with Crippen LogP contribution in [0.4, 0.5) is 0 Å². The first-order valence-electron chi connectivity index (χ1n) is 9.88. The Balaban J connectivity index is 1.87. The van der Waals surface area contributed by atoms with Gasteiger partial charge in [-0.25, -0.2) is 4.57 Å². The SMILES string of the molecule is Cc1ccc2c(oc3c4ccccc4ccc23)c1-c1ccc(C(C)C)c[n+]1C. The van der Waals surface area contributed by atoms with Crippen LogP contribution in [-0.2, 0) is 7.05 Å². The van der Waals surface area contributed by atoms with Gasteiger partial charge in [-0.2, -0.15) is 0 Å². The van der Waals surface area contributed by atoms with Crippen LogP contribution in [0.25, 0.3) is 44.0 Å². The van der Waals surface area contributed by atoms with Crippen molar-refractivity contribution >= 4 is 32.7 Å². The van der Waals surface area contributed by atoms with Gasteiger partial charge < -0.3 is 4.42 Å². The van der Waals surface area contributed by atoms with E-state index in [9.17, 15) is 0 Å². The van der Waals surface area contributed by atoms with E-state index in [1.54, 1.807) is 0 Å². The lowest BCUT2D eigenvalue weighted by Crippen LogP contribution is -2.31. The molecule has 5 rings (SSSR count). The van der Waals surface area contributed by atoms with Gasteiger partial charge >= 0.3 is 0 Å². The van der Waals surface area contributed by atoms with Gasteiger partial charge in [0.05, 0.1) is 5.56 Å². The highest BCUT2D eigenvalue weighted by atomic mass is 16.3. The van der Waals surface area contributed by atoms with Gasteiger partial charge in [-0.15, -0.1) is 0 Å². The third kappa shape index (κ3) is 2.45. The van der Waals surface area contributed by atoms with Crippen LogP contribution < -0.4 is 4.57 Å². The summed E-state index contributed by atoms with van der Waals surface area (Å²) in [5.74, 6) is 0.509. The number of benzene rings is 3. The molecule has 28 heavy (non-hydrogen) atoms. The molecule has 3 aromatic carbocycles. The van der Waals surface area contributed by atoms with Crippen molar-refractivity contribution in [3.63, 3.8) is 0 Å². The molecule has 2 nitrogen and oxygen atoms in total. The first-order chi connectivity index (χ1) is 13.5. The average Bonchev–Trinajstić information content (AvgIpc) is 3.07. The van der Waals surface area contributed by atoms with Gasteiger partial charge in [0.1, 0.15) is 18.2 Å². The zero-order chi connectivity index (χ0) is 19.4. The molecule has 2 aromatic heterocycles. The van der Waals surface area contributed by atoms with Crippen molar-refractivity contribution in [2.45, 2.75) is 26.7 Å². The minimum atomic E-state index is 0.509. The molecule has 5 aromatic rings. The van der Waals surface area contributed by atoms with E-state index < -0.39 is 0 Å². The van der Waals surface area contributed by atoms with E-state index >= 15 is 0 Å². The van der Waals surface area contributed by atoms with Crippen molar-refractivity contribution in [1.29, 1.82) is 0 Å². The zero-order valence-corrected chi connectivity index (χ0v) is 16.8. The van der Waals surface area contributed by atoms with Gasteiger partial charge in [-0.05, 0) is 35.9 Å². The number of aromatic nitrogens is 1. The van der Waals surface area contributed by atoms with Crippen LogP contribution in [0.5, 0.6) is 0 Å². The fourth-order valence-corrected chi connectivity index (χ4v) is 4.21. The van der Waals surface area contributed by atoms with Crippen LogP contribution in [-0.4, -0.2) is 0 Å². The lowest BCUT2D eigenvalue weighted by Gasteiger charge is -2.08. The van der Waals surface area contributed by atoms with E-state index in [4.69, 9.17) is 4.42 Å². The average molecular weight is 366 g/mol. The quantitative estimate of drug-likeness (QED) is 0.319. The van der Waals surface area contributed by atoms with Gasteiger partial charge in [-0.3, -0.25) is 0 Å². The van der Waals surface area contributed by atoms with Crippen LogP contribution in [0, 0.1) is 6.92 Å². The van der Waals surface area contributed by atoms with Crippen LogP contribution in [0.1, 0.15) is 30.9 Å². The number of pyridine rings is 1. The number of furan rings is 1. The number of hydrogen-bond donors (Lipinski definition) is 0. The molecule has 0 saturated heterocycles. The fourth-order valence-electron chi connectivity index (χ4n) is 4.21. The summed E-state index contributed by atoms with van der Waals surface area (Å²) in [6.45, 7) is 6.62. The highest BCUT2D eigenvalue weighted by molar-refractivity contribution is 6.17. The Hall–Kier alpha value is -3.13. The Labute approximate surface area is 165 Å². The molecule has 0 radical (unpaired) electrons. The minimum Gasteiger partial charge on any atom is -0.454 e. The summed E-state index contributed by atoms with van der Waals surface area (Å²) in [5, 5.41) is 4.73. The third-order valence-corrected chi connectivity index (χ3v) is 5.82. The molecule has 0 bridgehead atoms. The first-order valence-corrected chi connectivity index (χ1v) is 9.88. The Morgan fingerprint density at radius 1 is 0.786 bits per heavy atom. The molecule has 0 aliphatic heterocycles. The van der Waals surface area contributed by atoms with Crippen molar-refractivity contribution < 1.29 is 8.98 Å². The maximum absolute atomic E-state index is 6.55. The van der Waals surface area contributed by atoms with Gasteiger partial charge in [0, 0.05) is 27.8 Å². The van der Waals surface area contributed by atoms with Crippen molar-refractivity contribution in [2.75, 3.05) is 0 Å². The fraction of sp³-hybridized carbons (Fsp3) is 0.192. The molecular weight excluding hydrogens is 342 g/mol. The van der Waals surface area contributed by atoms with Gasteiger partial charge in [-0.1, -0.05) is 56.3 Å². The predicted molar refractivity (Wildman–Crippen MR) is 117 cm³/mol. The van der Waals surface area contributed by atoms with Crippen molar-refractivity contribution in [3.8, 4) is 11.3 Å². The molecule has 0 unspecified atom stereocenters. The van der Waals surface area contributed by atoms with E-state index in [1.165, 1.54) is 43.9 Å². The monoisotopic (exact) mass is 366 g/mol. The Morgan fingerprint density at radius 3 is 2.32 bits per heavy atom. The van der Waals surface area contributed by atoms with Crippen LogP contribution in [0.3, 0.4) is 0 Å². The van der Waals surface area contributed by atoms with Crippen molar-refractivity contribution in [2.24, 2.45) is 7.05 Å². The maximum atomic E-state index is 6.55. The largest absolute Gasteiger partial charge is 0.454 e. The standard InChI is InChI=1S/C26H24NO/c1-16(2)19-11-14-23(27(4)15-19)24-17(3)9-12-22-21-13-10-18-7-5-6-8-20(18)25(21)28-26(22)24/h5-16H,1-4H3/q+1. The molecule has 0 amide bonds. The first kappa shape index (κ1) is 17.0. The number of rotatable bonds is 2. The predicted octanol–water partition coefficient (Wildman–Crippen LogP) is 6.66. The van der Waals surface area contributed by atoms with Crippen molar-refractivity contribution in [3.05, 3.63) is 78.0 Å². The second-order valence-electron chi connectivity index (χ2n) is 8.01. The van der Waals surface area contributed by atoms with Crippen LogP contribution in [0.15, 0.2) is 71.3 Å². The summed E-state index contributed by atoms with van der Waals surface area (Å²) in [6.07, 6.45) is 2.23. The summed E-state index contributed by atoms with van der Waals surface area (Å²) in [7, 11) is 2.12. The van der Waals surface area contributed by atoms with E-state index in [2.05, 4.69) is 99.2 Å². The second kappa shape index (κ2) is 6.20. The molecular formula is C26H24NO+.